The van der Waals surface area contributed by atoms with Crippen molar-refractivity contribution in [3.05, 3.63) is 11.8 Å². The number of hydrogen-bond acceptors (Lipinski definition) is 6. The van der Waals surface area contributed by atoms with Crippen LogP contribution in [0.15, 0.2) is 6.20 Å². The van der Waals surface area contributed by atoms with Crippen LogP contribution in [0.4, 0.5) is 11.8 Å². The highest BCUT2D eigenvalue weighted by Gasteiger charge is 2.31. The van der Waals surface area contributed by atoms with E-state index in [2.05, 4.69) is 25.9 Å². The second-order valence-electron chi connectivity index (χ2n) is 8.07. The maximum atomic E-state index is 12.2. The Morgan fingerprint density at radius 3 is 2.19 bits per heavy atom. The van der Waals surface area contributed by atoms with Gasteiger partial charge in [0, 0.05) is 30.2 Å². The third-order valence-electron chi connectivity index (χ3n) is 5.86. The Morgan fingerprint density at radius 1 is 0.926 bits per heavy atom. The monoisotopic (exact) mass is 372 g/mol. The van der Waals surface area contributed by atoms with Crippen LogP contribution >= 0.6 is 0 Å². The van der Waals surface area contributed by atoms with Crippen LogP contribution in [0, 0.1) is 5.92 Å². The zero-order valence-electron chi connectivity index (χ0n) is 15.5. The SMILES string of the molecule is NC(=O)c1cnc(NC2CCC2)nc1NC1CCC(C(=O)NC2CC2)CC1. The molecule has 1 heterocycles. The van der Waals surface area contributed by atoms with E-state index in [-0.39, 0.29) is 17.9 Å². The standard InChI is InChI=1S/C19H28N6O2/c20-16(26)15-10-21-19(24-12-2-1-3-12)25-17(15)22-13-6-4-11(5-7-13)18(27)23-14-8-9-14/h10-14H,1-9H2,(H2,20,26)(H,23,27)(H2,21,22,24,25). The van der Waals surface area contributed by atoms with E-state index < -0.39 is 5.91 Å². The molecular formula is C19H28N6O2. The summed E-state index contributed by atoms with van der Waals surface area (Å²) in [5.74, 6) is 0.781. The van der Waals surface area contributed by atoms with Gasteiger partial charge in [0.25, 0.3) is 5.91 Å². The van der Waals surface area contributed by atoms with Crippen molar-refractivity contribution in [2.75, 3.05) is 10.6 Å². The van der Waals surface area contributed by atoms with E-state index >= 15 is 0 Å². The predicted molar refractivity (Wildman–Crippen MR) is 102 cm³/mol. The number of carbonyl (C=O) groups excluding carboxylic acids is 2. The van der Waals surface area contributed by atoms with E-state index in [4.69, 9.17) is 5.73 Å². The van der Waals surface area contributed by atoms with Gasteiger partial charge in [0.15, 0.2) is 0 Å². The lowest BCUT2D eigenvalue weighted by atomic mass is 9.85. The summed E-state index contributed by atoms with van der Waals surface area (Å²) in [6.07, 6.45) is 10.6. The minimum atomic E-state index is -0.537. The van der Waals surface area contributed by atoms with Gasteiger partial charge >= 0.3 is 0 Å². The molecule has 8 heteroatoms. The summed E-state index contributed by atoms with van der Waals surface area (Å²) < 4.78 is 0. The van der Waals surface area contributed by atoms with Crippen molar-refractivity contribution in [1.29, 1.82) is 0 Å². The Labute approximate surface area is 159 Å². The maximum absolute atomic E-state index is 12.2. The molecule has 1 aromatic heterocycles. The summed E-state index contributed by atoms with van der Waals surface area (Å²) in [6, 6.07) is 1.01. The fraction of sp³-hybridized carbons (Fsp3) is 0.684. The minimum Gasteiger partial charge on any atom is -0.367 e. The number of aromatic nitrogens is 2. The summed E-state index contributed by atoms with van der Waals surface area (Å²) >= 11 is 0. The number of primary amides is 1. The van der Waals surface area contributed by atoms with Gasteiger partial charge < -0.3 is 21.7 Å². The number of nitrogens with zero attached hydrogens (tertiary/aromatic N) is 2. The lowest BCUT2D eigenvalue weighted by Gasteiger charge is -2.29. The molecule has 5 N–H and O–H groups in total. The van der Waals surface area contributed by atoms with Crippen molar-refractivity contribution in [2.45, 2.75) is 75.9 Å². The average Bonchev–Trinajstić information content (AvgIpc) is 3.43. The van der Waals surface area contributed by atoms with Crippen LogP contribution in [0.1, 0.15) is 68.1 Å². The largest absolute Gasteiger partial charge is 0.367 e. The summed E-state index contributed by atoms with van der Waals surface area (Å²) in [6.45, 7) is 0. The Morgan fingerprint density at radius 2 is 1.59 bits per heavy atom. The van der Waals surface area contributed by atoms with Gasteiger partial charge in [0.05, 0.1) is 5.56 Å². The number of hydrogen-bond donors (Lipinski definition) is 4. The fourth-order valence-corrected chi connectivity index (χ4v) is 3.72. The second kappa shape index (κ2) is 7.70. The van der Waals surface area contributed by atoms with Crippen molar-refractivity contribution in [3.63, 3.8) is 0 Å². The number of rotatable bonds is 7. The van der Waals surface area contributed by atoms with Crippen LogP contribution in [0.25, 0.3) is 0 Å². The summed E-state index contributed by atoms with van der Waals surface area (Å²) in [5.41, 5.74) is 5.80. The molecule has 0 atom stereocenters. The van der Waals surface area contributed by atoms with E-state index in [0.717, 1.165) is 51.4 Å². The van der Waals surface area contributed by atoms with Gasteiger partial charge in [-0.15, -0.1) is 0 Å². The van der Waals surface area contributed by atoms with Gasteiger partial charge in [-0.2, -0.15) is 4.98 Å². The van der Waals surface area contributed by atoms with Gasteiger partial charge in [-0.25, -0.2) is 4.98 Å². The van der Waals surface area contributed by atoms with Crippen LogP contribution in [-0.4, -0.2) is 39.9 Å². The van der Waals surface area contributed by atoms with Crippen molar-refractivity contribution < 1.29 is 9.59 Å². The highest BCUT2D eigenvalue weighted by molar-refractivity contribution is 5.97. The maximum Gasteiger partial charge on any atom is 0.254 e. The van der Waals surface area contributed by atoms with Crippen molar-refractivity contribution in [3.8, 4) is 0 Å². The van der Waals surface area contributed by atoms with Crippen LogP contribution < -0.4 is 21.7 Å². The molecule has 0 aliphatic heterocycles. The number of nitrogens with two attached hydrogens (primary N) is 1. The Kier molecular flexibility index (Phi) is 5.13. The number of anilines is 2. The molecule has 0 unspecified atom stereocenters. The first-order valence-electron chi connectivity index (χ1n) is 10.1. The Hall–Kier alpha value is -2.38. The van der Waals surface area contributed by atoms with Crippen molar-refractivity contribution in [2.24, 2.45) is 11.7 Å². The summed E-state index contributed by atoms with van der Waals surface area (Å²) in [5, 5.41) is 9.77. The van der Waals surface area contributed by atoms with Gasteiger partial charge in [-0.05, 0) is 57.8 Å². The van der Waals surface area contributed by atoms with E-state index in [1.807, 2.05) is 0 Å². The van der Waals surface area contributed by atoms with E-state index in [1.54, 1.807) is 0 Å². The van der Waals surface area contributed by atoms with E-state index in [1.165, 1.54) is 12.6 Å². The summed E-state index contributed by atoms with van der Waals surface area (Å²) in [4.78, 5) is 32.7. The van der Waals surface area contributed by atoms with Crippen molar-refractivity contribution in [1.82, 2.24) is 15.3 Å². The average molecular weight is 372 g/mol. The molecule has 1 aromatic rings. The molecule has 8 nitrogen and oxygen atoms in total. The second-order valence-corrected chi connectivity index (χ2v) is 8.07. The van der Waals surface area contributed by atoms with Crippen LogP contribution in [0.3, 0.4) is 0 Å². The first kappa shape index (κ1) is 18.0. The topological polar surface area (TPSA) is 122 Å². The quantitative estimate of drug-likeness (QED) is 0.579. The molecule has 0 bridgehead atoms. The van der Waals surface area contributed by atoms with Gasteiger partial charge in [-0.3, -0.25) is 9.59 Å². The molecule has 4 rings (SSSR count). The molecule has 3 aliphatic carbocycles. The molecule has 0 aromatic carbocycles. The fourth-order valence-electron chi connectivity index (χ4n) is 3.72. The van der Waals surface area contributed by atoms with Crippen LogP contribution in [-0.2, 0) is 4.79 Å². The van der Waals surface area contributed by atoms with Gasteiger partial charge in [0.2, 0.25) is 11.9 Å². The van der Waals surface area contributed by atoms with Crippen molar-refractivity contribution >= 4 is 23.6 Å². The number of carbonyl (C=O) groups is 2. The van der Waals surface area contributed by atoms with Gasteiger partial charge in [-0.1, -0.05) is 0 Å². The van der Waals surface area contributed by atoms with E-state index in [0.29, 0.717) is 29.4 Å². The Bertz CT molecular complexity index is 708. The number of amides is 2. The zero-order chi connectivity index (χ0) is 18.8. The predicted octanol–water partition coefficient (Wildman–Crippen LogP) is 1.79. The molecule has 3 fully saturated rings. The Balaban J connectivity index is 1.36. The molecule has 3 aliphatic rings. The molecule has 27 heavy (non-hydrogen) atoms. The lowest BCUT2D eigenvalue weighted by molar-refractivity contribution is -0.126. The lowest BCUT2D eigenvalue weighted by Crippen LogP contribution is -2.37. The highest BCUT2D eigenvalue weighted by Crippen LogP contribution is 2.29. The van der Waals surface area contributed by atoms with Crippen LogP contribution in [0.5, 0.6) is 0 Å². The smallest absolute Gasteiger partial charge is 0.254 e. The molecule has 3 saturated carbocycles. The molecule has 2 amide bonds. The zero-order valence-corrected chi connectivity index (χ0v) is 15.5. The molecular weight excluding hydrogens is 344 g/mol. The molecule has 0 radical (unpaired) electrons. The van der Waals surface area contributed by atoms with Crippen LogP contribution in [0.2, 0.25) is 0 Å². The third kappa shape index (κ3) is 4.48. The minimum absolute atomic E-state index is 0.0977. The molecule has 0 spiro atoms. The number of nitrogens with one attached hydrogen (secondary N) is 3. The van der Waals surface area contributed by atoms with E-state index in [9.17, 15) is 9.59 Å². The first-order chi connectivity index (χ1) is 13.1. The van der Waals surface area contributed by atoms with Gasteiger partial charge in [0.1, 0.15) is 5.82 Å². The molecule has 146 valence electrons. The normalized spacial score (nSPS) is 25.3. The highest BCUT2D eigenvalue weighted by atomic mass is 16.2. The first-order valence-corrected chi connectivity index (χ1v) is 10.1. The summed E-state index contributed by atoms with van der Waals surface area (Å²) in [7, 11) is 0. The third-order valence-corrected chi connectivity index (χ3v) is 5.86. The molecule has 0 saturated heterocycles.